The Kier molecular flexibility index (Phi) is 11.0. The Hall–Kier alpha value is -3.14. The molecule has 0 unspecified atom stereocenters. The first kappa shape index (κ1) is 25.9. The van der Waals surface area contributed by atoms with Gasteiger partial charge in [0.15, 0.2) is 0 Å². The highest BCUT2D eigenvalue weighted by Gasteiger charge is 2.25. The Morgan fingerprint density at radius 3 is 2.00 bits per heavy atom. The second-order valence-corrected chi connectivity index (χ2v) is 7.15. The van der Waals surface area contributed by atoms with Crippen LogP contribution >= 0.6 is 0 Å². The van der Waals surface area contributed by atoms with Gasteiger partial charge >= 0.3 is 0 Å². The van der Waals surface area contributed by atoms with Crippen LogP contribution in [-0.4, -0.2) is 34.3 Å². The van der Waals surface area contributed by atoms with Crippen LogP contribution in [0.4, 0.5) is 0 Å². The number of hydrogen-bond donors (Lipinski definition) is 4. The number of carbonyl (C=O) groups excluding carboxylic acids is 2. The standard InChI is InChI=1S/C24H28N2O4.CH4/c1-3-4-5-6-18-7-9-19(10-8-18)11-12-20-13-15-21(16-14-20)23(28)25-22(17(2)27)24(29)26-30;/h7-10,13-17,22,27,30H,3-6H2,1-2H3,(H,25,28)(H,26,29);1H4/t17-,22+;/m1./s1. The Labute approximate surface area is 184 Å². The zero-order chi connectivity index (χ0) is 21.9. The van der Waals surface area contributed by atoms with E-state index in [1.807, 2.05) is 12.1 Å². The molecule has 166 valence electrons. The first-order valence-corrected chi connectivity index (χ1v) is 10.1. The van der Waals surface area contributed by atoms with Gasteiger partial charge in [-0.05, 0) is 61.7 Å². The largest absolute Gasteiger partial charge is 0.391 e. The van der Waals surface area contributed by atoms with Gasteiger partial charge in [0.1, 0.15) is 6.04 Å². The normalized spacial score (nSPS) is 11.9. The third kappa shape index (κ3) is 8.25. The molecule has 31 heavy (non-hydrogen) atoms. The number of aryl methyl sites for hydroxylation is 1. The molecular weight excluding hydrogens is 392 g/mol. The molecule has 0 aliphatic carbocycles. The monoisotopic (exact) mass is 424 g/mol. The average molecular weight is 425 g/mol. The number of amides is 2. The Morgan fingerprint density at radius 1 is 0.968 bits per heavy atom. The second-order valence-electron chi connectivity index (χ2n) is 7.15. The summed E-state index contributed by atoms with van der Waals surface area (Å²) in [5.41, 5.74) is 4.73. The predicted octanol–water partition coefficient (Wildman–Crippen LogP) is 3.44. The Balaban J connectivity index is 0.00000480. The van der Waals surface area contributed by atoms with Crippen molar-refractivity contribution in [3.8, 4) is 11.8 Å². The van der Waals surface area contributed by atoms with E-state index in [1.165, 1.54) is 37.2 Å². The van der Waals surface area contributed by atoms with Crippen LogP contribution < -0.4 is 10.8 Å². The van der Waals surface area contributed by atoms with Gasteiger partial charge in [-0.2, -0.15) is 0 Å². The van der Waals surface area contributed by atoms with Crippen molar-refractivity contribution >= 4 is 11.8 Å². The van der Waals surface area contributed by atoms with Crippen molar-refractivity contribution in [1.82, 2.24) is 10.8 Å². The maximum Gasteiger partial charge on any atom is 0.268 e. The van der Waals surface area contributed by atoms with Crippen molar-refractivity contribution < 1.29 is 19.9 Å². The fraction of sp³-hybridized carbons (Fsp3) is 0.360. The molecular formula is C25H32N2O4. The van der Waals surface area contributed by atoms with E-state index in [-0.39, 0.29) is 7.43 Å². The van der Waals surface area contributed by atoms with Crippen LogP contribution in [-0.2, 0) is 11.2 Å². The SMILES string of the molecule is C.CCCCCc1ccc(C#Cc2ccc(C(=O)N[C@H](C(=O)NO)[C@@H](C)O)cc2)cc1. The summed E-state index contributed by atoms with van der Waals surface area (Å²) >= 11 is 0. The second kappa shape index (κ2) is 13.2. The number of rotatable bonds is 8. The molecule has 0 aliphatic rings. The summed E-state index contributed by atoms with van der Waals surface area (Å²) in [7, 11) is 0. The summed E-state index contributed by atoms with van der Waals surface area (Å²) in [4.78, 5) is 23.8. The first-order chi connectivity index (χ1) is 14.4. The van der Waals surface area contributed by atoms with Gasteiger partial charge in [0, 0.05) is 16.7 Å². The number of hydrogen-bond acceptors (Lipinski definition) is 4. The third-order valence-electron chi connectivity index (χ3n) is 4.68. The quantitative estimate of drug-likeness (QED) is 0.226. The van der Waals surface area contributed by atoms with Crippen molar-refractivity contribution in [3.63, 3.8) is 0 Å². The molecule has 0 aromatic heterocycles. The molecule has 2 atom stereocenters. The van der Waals surface area contributed by atoms with Gasteiger partial charge in [0.25, 0.3) is 11.8 Å². The molecule has 2 aromatic rings. The van der Waals surface area contributed by atoms with Crippen molar-refractivity contribution in [1.29, 1.82) is 0 Å². The molecule has 2 aromatic carbocycles. The molecule has 0 radical (unpaired) electrons. The van der Waals surface area contributed by atoms with Gasteiger partial charge in [-0.15, -0.1) is 0 Å². The van der Waals surface area contributed by atoms with Crippen molar-refractivity contribution in [2.45, 2.75) is 59.1 Å². The third-order valence-corrected chi connectivity index (χ3v) is 4.68. The summed E-state index contributed by atoms with van der Waals surface area (Å²) in [5.74, 6) is 4.75. The predicted molar refractivity (Wildman–Crippen MR) is 122 cm³/mol. The van der Waals surface area contributed by atoms with Crippen LogP contribution in [0.2, 0.25) is 0 Å². The van der Waals surface area contributed by atoms with Gasteiger partial charge in [-0.25, -0.2) is 5.48 Å². The summed E-state index contributed by atoms with van der Waals surface area (Å²) in [6.45, 7) is 3.54. The van der Waals surface area contributed by atoms with Gasteiger partial charge in [0.05, 0.1) is 6.10 Å². The van der Waals surface area contributed by atoms with E-state index in [9.17, 15) is 14.7 Å². The molecule has 0 bridgehead atoms. The zero-order valence-electron chi connectivity index (χ0n) is 17.3. The van der Waals surface area contributed by atoms with Crippen LogP contribution in [0.5, 0.6) is 0 Å². The van der Waals surface area contributed by atoms with E-state index in [0.717, 1.165) is 17.5 Å². The van der Waals surface area contributed by atoms with Crippen LogP contribution in [0.3, 0.4) is 0 Å². The molecule has 0 saturated heterocycles. The van der Waals surface area contributed by atoms with Gasteiger partial charge in [0.2, 0.25) is 0 Å². The maximum absolute atomic E-state index is 12.3. The molecule has 0 heterocycles. The van der Waals surface area contributed by atoms with E-state index in [4.69, 9.17) is 5.21 Å². The number of aliphatic hydroxyl groups is 1. The lowest BCUT2D eigenvalue weighted by molar-refractivity contribution is -0.133. The van der Waals surface area contributed by atoms with Gasteiger partial charge < -0.3 is 10.4 Å². The highest BCUT2D eigenvalue weighted by Crippen LogP contribution is 2.09. The van der Waals surface area contributed by atoms with Crippen molar-refractivity contribution in [2.75, 3.05) is 0 Å². The molecule has 6 heteroatoms. The summed E-state index contributed by atoms with van der Waals surface area (Å²) in [6, 6.07) is 13.6. The minimum Gasteiger partial charge on any atom is -0.391 e. The number of benzene rings is 2. The van der Waals surface area contributed by atoms with E-state index in [1.54, 1.807) is 24.3 Å². The number of carbonyl (C=O) groups is 2. The zero-order valence-corrected chi connectivity index (χ0v) is 17.3. The minimum absolute atomic E-state index is 0. The minimum atomic E-state index is -1.26. The van der Waals surface area contributed by atoms with Gasteiger partial charge in [-0.1, -0.05) is 51.2 Å². The molecule has 0 saturated carbocycles. The average Bonchev–Trinajstić information content (AvgIpc) is 2.76. The number of nitrogens with one attached hydrogen (secondary N) is 2. The highest BCUT2D eigenvalue weighted by molar-refractivity contribution is 5.97. The maximum atomic E-state index is 12.3. The molecule has 0 fully saturated rings. The topological polar surface area (TPSA) is 98.7 Å². The summed E-state index contributed by atoms with van der Waals surface area (Å²) in [6.07, 6.45) is 3.57. The summed E-state index contributed by atoms with van der Waals surface area (Å²) in [5, 5.41) is 20.7. The van der Waals surface area contributed by atoms with E-state index < -0.39 is 24.0 Å². The number of hydroxylamine groups is 1. The van der Waals surface area contributed by atoms with E-state index in [0.29, 0.717) is 5.56 Å². The Bertz CT molecular complexity index is 894. The lowest BCUT2D eigenvalue weighted by atomic mass is 10.1. The Morgan fingerprint density at radius 2 is 1.52 bits per heavy atom. The van der Waals surface area contributed by atoms with Gasteiger partial charge in [-0.3, -0.25) is 14.8 Å². The van der Waals surface area contributed by atoms with E-state index in [2.05, 4.69) is 36.2 Å². The molecule has 4 N–H and O–H groups in total. The molecule has 6 nitrogen and oxygen atoms in total. The molecule has 2 rings (SSSR count). The smallest absolute Gasteiger partial charge is 0.268 e. The van der Waals surface area contributed by atoms with Crippen LogP contribution in [0.1, 0.15) is 67.6 Å². The van der Waals surface area contributed by atoms with Crippen molar-refractivity contribution in [3.05, 3.63) is 70.8 Å². The first-order valence-electron chi connectivity index (χ1n) is 10.1. The molecule has 0 aliphatic heterocycles. The highest BCUT2D eigenvalue weighted by atomic mass is 16.5. The fourth-order valence-electron chi connectivity index (χ4n) is 2.88. The lowest BCUT2D eigenvalue weighted by Gasteiger charge is -2.19. The number of unbranched alkanes of at least 4 members (excludes halogenated alkanes) is 2. The molecule has 2 amide bonds. The number of aliphatic hydroxyl groups excluding tert-OH is 1. The van der Waals surface area contributed by atoms with E-state index >= 15 is 0 Å². The summed E-state index contributed by atoms with van der Waals surface area (Å²) < 4.78 is 0. The van der Waals surface area contributed by atoms with Crippen LogP contribution in [0, 0.1) is 11.8 Å². The van der Waals surface area contributed by atoms with Crippen LogP contribution in [0.15, 0.2) is 48.5 Å². The molecule has 0 spiro atoms. The fourth-order valence-corrected chi connectivity index (χ4v) is 2.88. The van der Waals surface area contributed by atoms with Crippen molar-refractivity contribution in [2.24, 2.45) is 0 Å². The van der Waals surface area contributed by atoms with Crippen LogP contribution in [0.25, 0.3) is 0 Å². The lowest BCUT2D eigenvalue weighted by Crippen LogP contribution is -2.51.